The zero-order valence-electron chi connectivity index (χ0n) is 19.2. The van der Waals surface area contributed by atoms with E-state index >= 15 is 0 Å². The van der Waals surface area contributed by atoms with Gasteiger partial charge in [-0.05, 0) is 95.0 Å². The molecule has 2 aliphatic rings. The van der Waals surface area contributed by atoms with Gasteiger partial charge in [0.2, 0.25) is 5.91 Å². The van der Waals surface area contributed by atoms with Gasteiger partial charge in [0.05, 0.1) is 5.69 Å². The average molecular weight is 456 g/mol. The predicted molar refractivity (Wildman–Crippen MR) is 133 cm³/mol. The molecule has 6 nitrogen and oxygen atoms in total. The van der Waals surface area contributed by atoms with E-state index in [9.17, 15) is 4.79 Å². The summed E-state index contributed by atoms with van der Waals surface area (Å²) in [4.78, 5) is 23.9. The average Bonchev–Trinajstić information content (AvgIpc) is 3.44. The van der Waals surface area contributed by atoms with Gasteiger partial charge in [-0.15, -0.1) is 11.3 Å². The fourth-order valence-electron chi connectivity index (χ4n) is 5.26. The maximum absolute atomic E-state index is 12.2. The van der Waals surface area contributed by atoms with Crippen molar-refractivity contribution in [1.82, 2.24) is 20.2 Å². The fraction of sp³-hybridized carbons (Fsp3) is 0.600. The number of carbonyl (C=O) groups is 1. The number of thiazole rings is 1. The summed E-state index contributed by atoms with van der Waals surface area (Å²) < 4.78 is 0. The van der Waals surface area contributed by atoms with Crippen LogP contribution < -0.4 is 11.1 Å². The molecule has 0 bridgehead atoms. The van der Waals surface area contributed by atoms with E-state index in [2.05, 4.69) is 27.1 Å². The Bertz CT molecular complexity index is 882. The predicted octanol–water partition coefficient (Wildman–Crippen LogP) is 4.40. The lowest BCUT2D eigenvalue weighted by Gasteiger charge is -2.36. The number of amides is 1. The molecule has 0 spiro atoms. The number of nitrogens with two attached hydrogens (primary N) is 1. The van der Waals surface area contributed by atoms with Crippen LogP contribution in [0.15, 0.2) is 24.4 Å². The molecule has 0 saturated heterocycles. The zero-order valence-corrected chi connectivity index (χ0v) is 20.0. The third-order valence-electron chi connectivity index (χ3n) is 7.01. The molecule has 174 valence electrons. The highest BCUT2D eigenvalue weighted by Gasteiger charge is 2.28. The lowest BCUT2D eigenvalue weighted by Crippen LogP contribution is -2.41. The van der Waals surface area contributed by atoms with Crippen LogP contribution in [-0.4, -0.2) is 45.9 Å². The van der Waals surface area contributed by atoms with E-state index in [0.29, 0.717) is 12.1 Å². The molecule has 2 aromatic heterocycles. The normalized spacial score (nSPS) is 23.5. The van der Waals surface area contributed by atoms with Crippen LogP contribution in [0.4, 0.5) is 5.13 Å². The van der Waals surface area contributed by atoms with Crippen LogP contribution >= 0.6 is 11.3 Å². The Morgan fingerprint density at radius 1 is 1.31 bits per heavy atom. The van der Waals surface area contributed by atoms with E-state index in [-0.39, 0.29) is 5.91 Å². The summed E-state index contributed by atoms with van der Waals surface area (Å²) in [5.74, 6) is 0.785. The lowest BCUT2D eigenvalue weighted by atomic mass is 9.83. The highest BCUT2D eigenvalue weighted by Crippen LogP contribution is 2.32. The third kappa shape index (κ3) is 6.23. The molecule has 1 amide bonds. The Labute approximate surface area is 195 Å². The van der Waals surface area contributed by atoms with Crippen molar-refractivity contribution < 1.29 is 4.79 Å². The summed E-state index contributed by atoms with van der Waals surface area (Å²) in [6.07, 6.45) is 15.8. The van der Waals surface area contributed by atoms with E-state index in [4.69, 9.17) is 5.73 Å². The number of fused-ring (bicyclic) bond motifs is 1. The number of carbonyl (C=O) groups excluding carboxylic acids is 1. The molecule has 7 heteroatoms. The van der Waals surface area contributed by atoms with Crippen LogP contribution in [0.2, 0.25) is 0 Å². The lowest BCUT2D eigenvalue weighted by molar-refractivity contribution is -0.117. The maximum Gasteiger partial charge on any atom is 0.244 e. The highest BCUT2D eigenvalue weighted by atomic mass is 32.1. The number of rotatable bonds is 9. The van der Waals surface area contributed by atoms with Crippen LogP contribution in [0.5, 0.6) is 0 Å². The van der Waals surface area contributed by atoms with Crippen molar-refractivity contribution in [2.45, 2.75) is 76.8 Å². The van der Waals surface area contributed by atoms with Gasteiger partial charge in [-0.1, -0.05) is 6.92 Å². The van der Waals surface area contributed by atoms with Gasteiger partial charge in [-0.25, -0.2) is 4.98 Å². The zero-order chi connectivity index (χ0) is 22.3. The smallest absolute Gasteiger partial charge is 0.244 e. The second-order valence-electron chi connectivity index (χ2n) is 9.33. The molecule has 0 aliphatic heterocycles. The molecule has 4 N–H and O–H groups in total. The summed E-state index contributed by atoms with van der Waals surface area (Å²) in [7, 11) is 0. The Balaban J connectivity index is 1.20. The van der Waals surface area contributed by atoms with Crippen molar-refractivity contribution in [3.63, 3.8) is 0 Å². The van der Waals surface area contributed by atoms with Gasteiger partial charge in [-0.2, -0.15) is 0 Å². The number of aryl methyl sites for hydroxylation is 1. The number of aromatic nitrogens is 2. The van der Waals surface area contributed by atoms with Gasteiger partial charge in [-0.3, -0.25) is 4.79 Å². The van der Waals surface area contributed by atoms with Crippen LogP contribution in [-0.2, 0) is 17.6 Å². The van der Waals surface area contributed by atoms with Gasteiger partial charge in [0, 0.05) is 34.9 Å². The Morgan fingerprint density at radius 2 is 2.16 bits per heavy atom. The molecule has 2 aliphatic carbocycles. The van der Waals surface area contributed by atoms with Crippen molar-refractivity contribution in [2.75, 3.05) is 18.8 Å². The second-order valence-corrected chi connectivity index (χ2v) is 10.4. The van der Waals surface area contributed by atoms with Crippen LogP contribution in [0.25, 0.3) is 6.08 Å². The minimum Gasteiger partial charge on any atom is -0.375 e. The second kappa shape index (κ2) is 11.1. The van der Waals surface area contributed by atoms with Crippen molar-refractivity contribution >= 4 is 28.5 Å². The van der Waals surface area contributed by atoms with Crippen LogP contribution in [0.3, 0.4) is 0 Å². The Kier molecular flexibility index (Phi) is 8.03. The number of hydrogen-bond donors (Lipinski definition) is 3. The number of aromatic amines is 1. The molecule has 1 fully saturated rings. The van der Waals surface area contributed by atoms with E-state index in [1.807, 2.05) is 24.4 Å². The van der Waals surface area contributed by atoms with Crippen LogP contribution in [0.1, 0.15) is 68.1 Å². The minimum atomic E-state index is 0.0116. The summed E-state index contributed by atoms with van der Waals surface area (Å²) in [6, 6.07) is 4.83. The number of nitrogens with one attached hydrogen (secondary N) is 2. The molecule has 0 aromatic carbocycles. The number of nitrogens with zero attached hydrogens (tertiary/aromatic N) is 2. The fourth-order valence-corrected chi connectivity index (χ4v) is 6.21. The highest BCUT2D eigenvalue weighted by molar-refractivity contribution is 7.15. The van der Waals surface area contributed by atoms with Gasteiger partial charge in [0.1, 0.15) is 0 Å². The van der Waals surface area contributed by atoms with E-state index < -0.39 is 0 Å². The van der Waals surface area contributed by atoms with Crippen molar-refractivity contribution in [3.8, 4) is 0 Å². The Hall–Kier alpha value is -2.12. The minimum absolute atomic E-state index is 0.0116. The summed E-state index contributed by atoms with van der Waals surface area (Å²) in [6.45, 7) is 4.64. The number of anilines is 1. The van der Waals surface area contributed by atoms with Gasteiger partial charge >= 0.3 is 0 Å². The molecular weight excluding hydrogens is 418 g/mol. The molecule has 1 unspecified atom stereocenters. The first kappa shape index (κ1) is 23.1. The summed E-state index contributed by atoms with van der Waals surface area (Å²) in [5.41, 5.74) is 8.13. The molecular formula is C25H37N5OS. The molecule has 1 saturated carbocycles. The van der Waals surface area contributed by atoms with Crippen LogP contribution in [0, 0.1) is 5.92 Å². The first-order chi connectivity index (χ1) is 15.6. The van der Waals surface area contributed by atoms with Gasteiger partial charge in [0.25, 0.3) is 0 Å². The molecule has 1 atom stereocenters. The first-order valence-electron chi connectivity index (χ1n) is 12.2. The third-order valence-corrected chi connectivity index (χ3v) is 7.96. The first-order valence-corrected chi connectivity index (χ1v) is 13.0. The van der Waals surface area contributed by atoms with E-state index in [1.54, 1.807) is 17.4 Å². The quantitative estimate of drug-likeness (QED) is 0.489. The maximum atomic E-state index is 12.2. The van der Waals surface area contributed by atoms with E-state index in [0.717, 1.165) is 42.4 Å². The molecule has 32 heavy (non-hydrogen) atoms. The molecule has 4 rings (SSSR count). The van der Waals surface area contributed by atoms with Gasteiger partial charge < -0.3 is 20.9 Å². The van der Waals surface area contributed by atoms with Crippen molar-refractivity contribution in [2.24, 2.45) is 5.92 Å². The number of H-pyrrole nitrogens is 1. The SMILES string of the molecule is CCCN(CCC1CCC(NC(=O)C=Cc2ccc[nH]2)CC1)C1CCc2nc(N)sc2C1. The van der Waals surface area contributed by atoms with Crippen molar-refractivity contribution in [1.29, 1.82) is 0 Å². The monoisotopic (exact) mass is 455 g/mol. The Morgan fingerprint density at radius 3 is 2.91 bits per heavy atom. The summed E-state index contributed by atoms with van der Waals surface area (Å²) >= 11 is 1.68. The number of nitrogen functional groups attached to an aromatic ring is 1. The molecule has 2 heterocycles. The van der Waals surface area contributed by atoms with Gasteiger partial charge in [0.15, 0.2) is 5.13 Å². The topological polar surface area (TPSA) is 87.0 Å². The summed E-state index contributed by atoms with van der Waals surface area (Å²) in [5, 5.41) is 3.91. The number of hydrogen-bond acceptors (Lipinski definition) is 5. The van der Waals surface area contributed by atoms with Crippen molar-refractivity contribution in [3.05, 3.63) is 40.7 Å². The molecule has 0 radical (unpaired) electrons. The largest absolute Gasteiger partial charge is 0.375 e. The standard InChI is InChI=1S/C25H37N5OS/c1-2-15-30(21-10-11-22-23(17-21)32-25(26)29-22)16-13-18-5-7-20(8-6-18)28-24(31)12-9-19-4-3-14-27-19/h3-4,9,12,14,18,20-21,27H,2,5-8,10-11,13,15-17H2,1H3,(H2,26,29)(H,28,31). The van der Waals surface area contributed by atoms with E-state index in [1.165, 1.54) is 55.8 Å². The molecule has 2 aromatic rings.